The highest BCUT2D eigenvalue weighted by atomic mass is 35.7. The topological polar surface area (TPSA) is 320 Å². The molecule has 4 aromatic rings. The number of nitrogens with one attached hydrogen (secondary N) is 5. The van der Waals surface area contributed by atoms with Crippen LogP contribution < -0.4 is 32.4 Å². The highest BCUT2D eigenvalue weighted by Gasteiger charge is 2.29. The molecule has 4 aliphatic rings. The minimum Gasteiger partial charge on any atom is -0.444 e. The highest BCUT2D eigenvalue weighted by Crippen LogP contribution is 2.26. The molecule has 4 atom stereocenters. The molecule has 478 valence electrons. The first-order valence-corrected chi connectivity index (χ1v) is 34.1. The second-order valence-electron chi connectivity index (χ2n) is 21.1. The first kappa shape index (κ1) is 76.1. The number of hydrogen-bond acceptors (Lipinski definition) is 22. The number of carbonyl (C=O) groups is 2. The number of anilines is 3. The van der Waals surface area contributed by atoms with Gasteiger partial charge in [0.05, 0.1) is 42.3 Å². The standard InChI is InChI=1S/C14H20Cl2N4O2.C10H14Cl2N4O2S.C10H21N3O2.C9H12Cl2N4.C4HCl3N2.CH3ClO2S/c1-14(2,3)22-13(21)20-6-4-5-9(8-20)18-11-10(15)7-17-12(16)19-11;1-19(17,18)16-4-2-3-7(6-16)14-9-8(11)5-13-10(12)15-9;1-10(2,3)15-9(14)12-13-6-4-5-8(11)7-13;10-7-5-13-9(11)15-8(7)14-6-2-1-3-12-4-6;5-2-1-8-4(7)9-3(2)6;1-5(2,3)4/h7,9H,4-6,8H2,1-3H3,(H,17,18,19);5,7H,2-4,6H2,1H3,(H,13,14,15);8H,4-7,11H2,1-3H3,(H,12,14);5-6,12H,1-4H2,(H,13,14,15);1H;1H3/t9-;7-;8-;6-;;/m0000../s1. The molecule has 37 heteroatoms. The average Bonchev–Trinajstić information content (AvgIpc) is 3.50. The second kappa shape index (κ2) is 36.5. The van der Waals surface area contributed by atoms with Crippen LogP contribution in [0.3, 0.4) is 0 Å². The maximum atomic E-state index is 12.1. The Balaban J connectivity index is 0.000000278. The van der Waals surface area contributed by atoms with E-state index < -0.39 is 36.4 Å². The van der Waals surface area contributed by atoms with Crippen molar-refractivity contribution >= 4 is 164 Å². The normalized spacial score (nSPS) is 19.3. The summed E-state index contributed by atoms with van der Waals surface area (Å²) in [4.78, 5) is 55.9. The lowest BCUT2D eigenvalue weighted by Crippen LogP contribution is -2.52. The average molecular weight is 1430 g/mol. The molecule has 0 unspecified atom stereocenters. The van der Waals surface area contributed by atoms with Gasteiger partial charge in [0.1, 0.15) is 43.7 Å². The summed E-state index contributed by atoms with van der Waals surface area (Å²) in [5, 5.41) is 17.0. The second-order valence-corrected chi connectivity index (χ2v) is 29.5. The van der Waals surface area contributed by atoms with Crippen molar-refractivity contribution in [2.75, 3.05) is 80.8 Å². The van der Waals surface area contributed by atoms with Gasteiger partial charge in [0.25, 0.3) is 0 Å². The van der Waals surface area contributed by atoms with Gasteiger partial charge < -0.3 is 41.4 Å². The Labute approximate surface area is 546 Å². The number of amides is 2. The van der Waals surface area contributed by atoms with Gasteiger partial charge in [-0.1, -0.05) is 58.0 Å². The van der Waals surface area contributed by atoms with Crippen molar-refractivity contribution in [3.8, 4) is 0 Å². The van der Waals surface area contributed by atoms with Crippen molar-refractivity contribution in [2.45, 2.75) is 128 Å². The summed E-state index contributed by atoms with van der Waals surface area (Å²) in [5.74, 6) is 1.53. The van der Waals surface area contributed by atoms with Crippen LogP contribution in [0.2, 0.25) is 46.4 Å². The van der Waals surface area contributed by atoms with E-state index in [-0.39, 0.29) is 50.5 Å². The van der Waals surface area contributed by atoms with Crippen LogP contribution in [-0.4, -0.2) is 183 Å². The smallest absolute Gasteiger partial charge is 0.422 e. The maximum Gasteiger partial charge on any atom is 0.422 e. The number of ether oxygens (including phenoxy) is 2. The molecule has 0 aliphatic carbocycles. The number of hydrazine groups is 1. The van der Waals surface area contributed by atoms with Gasteiger partial charge in [-0.2, -0.15) is 15.0 Å². The summed E-state index contributed by atoms with van der Waals surface area (Å²) < 4.78 is 53.9. The number of nitrogens with zero attached hydrogens (tertiary/aromatic N) is 11. The van der Waals surface area contributed by atoms with E-state index >= 15 is 0 Å². The Kier molecular flexibility index (Phi) is 32.7. The van der Waals surface area contributed by atoms with E-state index in [0.717, 1.165) is 77.3 Å². The molecule has 4 fully saturated rings. The van der Waals surface area contributed by atoms with E-state index in [1.54, 1.807) is 4.90 Å². The zero-order valence-corrected chi connectivity index (χ0v) is 57.0. The van der Waals surface area contributed by atoms with E-state index in [4.69, 9.17) is 120 Å². The molecule has 4 aliphatic heterocycles. The van der Waals surface area contributed by atoms with Crippen LogP contribution in [0.5, 0.6) is 0 Å². The lowest BCUT2D eigenvalue weighted by molar-refractivity contribution is 0.0205. The van der Waals surface area contributed by atoms with Crippen molar-refractivity contribution in [1.82, 2.24) is 64.8 Å². The minimum atomic E-state index is -3.19. The first-order valence-electron chi connectivity index (χ1n) is 26.1. The molecule has 85 heavy (non-hydrogen) atoms. The molecule has 4 aromatic heterocycles. The van der Waals surface area contributed by atoms with Gasteiger partial charge in [0, 0.05) is 80.7 Å². The molecule has 4 saturated heterocycles. The maximum absolute atomic E-state index is 12.1. The summed E-state index contributed by atoms with van der Waals surface area (Å²) in [5.41, 5.74) is 7.54. The predicted molar refractivity (Wildman–Crippen MR) is 339 cm³/mol. The summed E-state index contributed by atoms with van der Waals surface area (Å²) in [6.07, 6.45) is 14.9. The van der Waals surface area contributed by atoms with E-state index in [1.165, 1.54) is 35.3 Å². The number of carbonyl (C=O) groups excluding carboxylic acids is 2. The third-order valence-corrected chi connectivity index (χ3v) is 14.7. The Hall–Kier alpha value is -3.10. The van der Waals surface area contributed by atoms with E-state index in [9.17, 15) is 26.4 Å². The fraction of sp³-hybridized carbons (Fsp3) is 0.625. The van der Waals surface area contributed by atoms with Crippen molar-refractivity contribution in [2.24, 2.45) is 5.73 Å². The van der Waals surface area contributed by atoms with Gasteiger partial charge >= 0.3 is 12.2 Å². The van der Waals surface area contributed by atoms with Crippen molar-refractivity contribution in [1.29, 1.82) is 0 Å². The lowest BCUT2D eigenvalue weighted by Gasteiger charge is -2.34. The Morgan fingerprint density at radius 3 is 1.44 bits per heavy atom. The van der Waals surface area contributed by atoms with Gasteiger partial charge in [-0.15, -0.1) is 0 Å². The van der Waals surface area contributed by atoms with Crippen LogP contribution in [0.25, 0.3) is 0 Å². The molecule has 25 nitrogen and oxygen atoms in total. The summed E-state index contributed by atoms with van der Waals surface area (Å²) >= 11 is 51.4. The summed E-state index contributed by atoms with van der Waals surface area (Å²) in [6, 6.07) is 0.521. The number of hydrogen-bond donors (Lipinski definition) is 6. The fourth-order valence-electron chi connectivity index (χ4n) is 7.71. The minimum absolute atomic E-state index is 0.0352. The molecule has 2 amide bonds. The molecule has 0 bridgehead atoms. The molecule has 0 saturated carbocycles. The van der Waals surface area contributed by atoms with Crippen LogP contribution in [0.1, 0.15) is 92.9 Å². The summed E-state index contributed by atoms with van der Waals surface area (Å²) in [6.45, 7) is 16.8. The number of likely N-dealkylation sites (tertiary alicyclic amines) is 1. The Morgan fingerprint density at radius 1 is 0.588 bits per heavy atom. The zero-order chi connectivity index (χ0) is 63.9. The number of piperidine rings is 4. The summed E-state index contributed by atoms with van der Waals surface area (Å²) in [7, 11) is -1.86. The number of halogens is 10. The lowest BCUT2D eigenvalue weighted by atomic mass is 10.1. The van der Waals surface area contributed by atoms with Gasteiger partial charge in [-0.3, -0.25) is 5.43 Å². The van der Waals surface area contributed by atoms with Crippen molar-refractivity contribution in [3.63, 3.8) is 0 Å². The van der Waals surface area contributed by atoms with E-state index in [2.05, 4.69) is 77.2 Å². The van der Waals surface area contributed by atoms with Crippen molar-refractivity contribution < 1.29 is 35.9 Å². The van der Waals surface area contributed by atoms with Crippen LogP contribution in [0.15, 0.2) is 24.8 Å². The Bertz CT molecular complexity index is 2990. The largest absolute Gasteiger partial charge is 0.444 e. The van der Waals surface area contributed by atoms with Crippen molar-refractivity contribution in [3.05, 3.63) is 71.2 Å². The molecule has 8 heterocycles. The van der Waals surface area contributed by atoms with Gasteiger partial charge in [-0.25, -0.2) is 60.7 Å². The van der Waals surface area contributed by atoms with Gasteiger partial charge in [0.2, 0.25) is 40.2 Å². The third kappa shape index (κ3) is 33.3. The molecule has 8 rings (SSSR count). The van der Waals surface area contributed by atoms with E-state index in [0.29, 0.717) is 76.3 Å². The molecule has 0 radical (unpaired) electrons. The number of sulfonamides is 1. The predicted octanol–water partition coefficient (Wildman–Crippen LogP) is 10.6. The number of rotatable bonds is 8. The van der Waals surface area contributed by atoms with Crippen LogP contribution in [-0.2, 0) is 28.5 Å². The number of nitrogens with two attached hydrogens (primary N) is 1. The molecule has 0 spiro atoms. The van der Waals surface area contributed by atoms with Gasteiger partial charge in [0.15, 0.2) is 5.15 Å². The molecular formula is C48H71Cl10N17O8S2. The quantitative estimate of drug-likeness (QED) is 0.0542. The fourth-order valence-corrected chi connectivity index (χ4v) is 9.86. The van der Waals surface area contributed by atoms with Crippen LogP contribution >= 0.6 is 115 Å². The zero-order valence-electron chi connectivity index (χ0n) is 47.8. The molecule has 0 aromatic carbocycles. The van der Waals surface area contributed by atoms with E-state index in [1.807, 2.05) is 46.6 Å². The molecule has 7 N–H and O–H groups in total. The van der Waals surface area contributed by atoms with Gasteiger partial charge in [-0.05, 0) is 146 Å². The van der Waals surface area contributed by atoms with Crippen LogP contribution in [0.4, 0.5) is 27.0 Å². The van der Waals surface area contributed by atoms with Crippen LogP contribution in [0, 0.1) is 0 Å². The SMILES string of the molecule is CC(C)(C)OC(=O)N1CCC[C@H](Nc2nc(Cl)ncc2Cl)C1.CC(C)(C)OC(=O)NN1CCC[C@H](N)C1.CS(=O)(=O)Cl.CS(=O)(=O)N1CCC[C@H](Nc2nc(Cl)ncc2Cl)C1.Clc1ncc(Cl)c(Cl)n1.Clc1ncc(Cl)c(N[C@H]2CCCNC2)n1. The number of aromatic nitrogens is 8. The molecular weight excluding hydrogens is 1360 g/mol. The first-order chi connectivity index (χ1) is 39.4. The monoisotopic (exact) mass is 1430 g/mol. The Morgan fingerprint density at radius 2 is 1.01 bits per heavy atom. The highest BCUT2D eigenvalue weighted by molar-refractivity contribution is 8.13. The third-order valence-electron chi connectivity index (χ3n) is 11.2.